The van der Waals surface area contributed by atoms with Gasteiger partial charge in [-0.1, -0.05) is 35.9 Å². The third-order valence-electron chi connectivity index (χ3n) is 4.43. The number of para-hydroxylation sites is 1. The first-order valence-corrected chi connectivity index (χ1v) is 8.69. The Kier molecular flexibility index (Phi) is 4.26. The van der Waals surface area contributed by atoms with E-state index in [4.69, 9.17) is 11.6 Å². The number of aromatic amines is 1. The van der Waals surface area contributed by atoms with Gasteiger partial charge in [-0.3, -0.25) is 9.89 Å². The summed E-state index contributed by atoms with van der Waals surface area (Å²) >= 11 is 5.95. The Morgan fingerprint density at radius 3 is 2.69 bits per heavy atom. The third kappa shape index (κ3) is 3.11. The summed E-state index contributed by atoms with van der Waals surface area (Å²) in [6.07, 6.45) is 0.605. The molecule has 0 atom stereocenters. The smallest absolute Gasteiger partial charge is 0.320 e. The molecule has 6 nitrogen and oxygen atoms in total. The molecule has 0 aliphatic carbocycles. The van der Waals surface area contributed by atoms with Gasteiger partial charge in [0.2, 0.25) is 0 Å². The molecule has 0 radical (unpaired) electrons. The summed E-state index contributed by atoms with van der Waals surface area (Å²) in [7, 11) is 0. The number of aromatic nitrogens is 2. The second-order valence-corrected chi connectivity index (χ2v) is 6.59. The summed E-state index contributed by atoms with van der Waals surface area (Å²) in [4.78, 5) is 26.9. The summed E-state index contributed by atoms with van der Waals surface area (Å²) in [6.45, 7) is 0.811. The number of fused-ring (bicyclic) bond motifs is 1. The number of halogens is 1. The van der Waals surface area contributed by atoms with Crippen molar-refractivity contribution >= 4 is 23.3 Å². The minimum atomic E-state index is -0.246. The molecule has 2 aromatic carbocycles. The van der Waals surface area contributed by atoms with Crippen LogP contribution in [0.5, 0.6) is 0 Å². The minimum Gasteiger partial charge on any atom is -0.320 e. The van der Waals surface area contributed by atoms with E-state index >= 15 is 0 Å². The van der Waals surface area contributed by atoms with Crippen molar-refractivity contribution in [3.8, 4) is 5.69 Å². The van der Waals surface area contributed by atoms with E-state index in [0.717, 1.165) is 11.4 Å². The Labute approximate surface area is 155 Å². The van der Waals surface area contributed by atoms with Gasteiger partial charge in [0, 0.05) is 29.4 Å². The Morgan fingerprint density at radius 1 is 1.12 bits per heavy atom. The molecule has 0 bridgehead atoms. The van der Waals surface area contributed by atoms with Crippen LogP contribution in [0.4, 0.5) is 10.5 Å². The number of rotatable bonds is 2. The van der Waals surface area contributed by atoms with E-state index in [9.17, 15) is 9.59 Å². The third-order valence-corrected chi connectivity index (χ3v) is 4.67. The van der Waals surface area contributed by atoms with E-state index in [1.54, 1.807) is 29.2 Å². The first-order valence-electron chi connectivity index (χ1n) is 8.31. The molecule has 4 rings (SSSR count). The highest BCUT2D eigenvalue weighted by molar-refractivity contribution is 6.30. The standard InChI is InChI=1S/C19H17ClN4O2/c20-13-5-4-6-14(11-13)21-19(26)23-10-9-17-16(12-23)18(25)24(22-17)15-7-2-1-3-8-15/h1-8,11,22H,9-10,12H2,(H,21,26). The molecule has 0 saturated carbocycles. The lowest BCUT2D eigenvalue weighted by Crippen LogP contribution is -2.40. The molecule has 132 valence electrons. The molecular formula is C19H17ClN4O2. The van der Waals surface area contributed by atoms with Crippen LogP contribution in [0.25, 0.3) is 5.69 Å². The zero-order valence-electron chi connectivity index (χ0n) is 13.9. The summed E-state index contributed by atoms with van der Waals surface area (Å²) in [6, 6.07) is 16.1. The van der Waals surface area contributed by atoms with Crippen LogP contribution in [0.3, 0.4) is 0 Å². The van der Waals surface area contributed by atoms with Gasteiger partial charge in [-0.15, -0.1) is 0 Å². The minimum absolute atomic E-state index is 0.119. The quantitative estimate of drug-likeness (QED) is 0.727. The first-order chi connectivity index (χ1) is 12.6. The van der Waals surface area contributed by atoms with Gasteiger partial charge < -0.3 is 10.2 Å². The highest BCUT2D eigenvalue weighted by atomic mass is 35.5. The van der Waals surface area contributed by atoms with Crippen molar-refractivity contribution in [2.45, 2.75) is 13.0 Å². The summed E-state index contributed by atoms with van der Waals surface area (Å²) in [5.74, 6) is 0. The fraction of sp³-hybridized carbons (Fsp3) is 0.158. The van der Waals surface area contributed by atoms with E-state index < -0.39 is 0 Å². The first kappa shape index (κ1) is 16.5. The highest BCUT2D eigenvalue weighted by Crippen LogP contribution is 2.19. The van der Waals surface area contributed by atoms with Gasteiger partial charge in [0.25, 0.3) is 5.56 Å². The zero-order chi connectivity index (χ0) is 18.1. The molecule has 0 spiro atoms. The second-order valence-electron chi connectivity index (χ2n) is 6.16. The monoisotopic (exact) mass is 368 g/mol. The van der Waals surface area contributed by atoms with Crippen LogP contribution in [-0.2, 0) is 13.0 Å². The van der Waals surface area contributed by atoms with Crippen molar-refractivity contribution in [2.24, 2.45) is 0 Å². The molecule has 0 unspecified atom stereocenters. The van der Waals surface area contributed by atoms with Gasteiger partial charge in [-0.05, 0) is 30.3 Å². The van der Waals surface area contributed by atoms with Gasteiger partial charge >= 0.3 is 6.03 Å². The van der Waals surface area contributed by atoms with Crippen molar-refractivity contribution in [3.05, 3.63) is 81.2 Å². The number of nitrogens with one attached hydrogen (secondary N) is 2. The van der Waals surface area contributed by atoms with Gasteiger partial charge in [0.05, 0.1) is 17.8 Å². The highest BCUT2D eigenvalue weighted by Gasteiger charge is 2.26. The number of anilines is 1. The van der Waals surface area contributed by atoms with Crippen LogP contribution >= 0.6 is 11.6 Å². The van der Waals surface area contributed by atoms with Crippen LogP contribution in [-0.4, -0.2) is 27.3 Å². The molecule has 1 aliphatic heterocycles. The number of carbonyl (C=O) groups excluding carboxylic acids is 1. The SMILES string of the molecule is O=C(Nc1cccc(Cl)c1)N1CCc2[nH]n(-c3ccccc3)c(=O)c2C1. The number of nitrogens with zero attached hydrogens (tertiary/aromatic N) is 2. The van der Waals surface area contributed by atoms with Crippen molar-refractivity contribution in [3.63, 3.8) is 0 Å². The van der Waals surface area contributed by atoms with Gasteiger partial charge in [-0.2, -0.15) is 0 Å². The number of urea groups is 1. The average molecular weight is 369 g/mol. The second kappa shape index (κ2) is 6.72. The maximum absolute atomic E-state index is 12.7. The number of benzene rings is 2. The Bertz CT molecular complexity index is 1010. The van der Waals surface area contributed by atoms with Crippen molar-refractivity contribution in [1.82, 2.24) is 14.7 Å². The maximum atomic E-state index is 12.7. The largest absolute Gasteiger partial charge is 0.322 e. The van der Waals surface area contributed by atoms with E-state index in [0.29, 0.717) is 29.2 Å². The molecule has 1 aliphatic rings. The van der Waals surface area contributed by atoms with E-state index in [2.05, 4.69) is 10.4 Å². The molecule has 0 saturated heterocycles. The van der Waals surface area contributed by atoms with Crippen molar-refractivity contribution in [2.75, 3.05) is 11.9 Å². The predicted octanol–water partition coefficient (Wildman–Crippen LogP) is 3.41. The van der Waals surface area contributed by atoms with Crippen molar-refractivity contribution < 1.29 is 4.79 Å². The molecule has 2 N–H and O–H groups in total. The van der Waals surface area contributed by atoms with Crippen LogP contribution < -0.4 is 10.9 Å². The molecule has 3 aromatic rings. The molecule has 26 heavy (non-hydrogen) atoms. The topological polar surface area (TPSA) is 70.1 Å². The number of hydrogen-bond acceptors (Lipinski definition) is 2. The maximum Gasteiger partial charge on any atom is 0.322 e. The fourth-order valence-corrected chi connectivity index (χ4v) is 3.30. The number of amides is 2. The van der Waals surface area contributed by atoms with Crippen molar-refractivity contribution in [1.29, 1.82) is 0 Å². The predicted molar refractivity (Wildman–Crippen MR) is 101 cm³/mol. The zero-order valence-corrected chi connectivity index (χ0v) is 14.7. The molecule has 2 heterocycles. The van der Waals surface area contributed by atoms with Crippen LogP contribution in [0, 0.1) is 0 Å². The lowest BCUT2D eigenvalue weighted by atomic mass is 10.1. The average Bonchev–Trinajstić information content (AvgIpc) is 2.99. The van der Waals surface area contributed by atoms with Gasteiger partial charge in [-0.25, -0.2) is 9.48 Å². The number of H-pyrrole nitrogens is 1. The van der Waals surface area contributed by atoms with Crippen LogP contribution in [0.15, 0.2) is 59.4 Å². The van der Waals surface area contributed by atoms with E-state index in [1.807, 2.05) is 30.3 Å². The molecule has 0 fully saturated rings. The molecule has 7 heteroatoms. The normalized spacial score (nSPS) is 13.3. The Balaban J connectivity index is 1.55. The molecular weight excluding hydrogens is 352 g/mol. The number of carbonyl (C=O) groups is 1. The van der Waals surface area contributed by atoms with Crippen LogP contribution in [0.2, 0.25) is 5.02 Å². The molecule has 2 amide bonds. The van der Waals surface area contributed by atoms with E-state index in [-0.39, 0.29) is 18.1 Å². The summed E-state index contributed by atoms with van der Waals surface area (Å²) in [5.41, 5.74) is 2.80. The van der Waals surface area contributed by atoms with Crippen LogP contribution in [0.1, 0.15) is 11.3 Å². The lowest BCUT2D eigenvalue weighted by molar-refractivity contribution is 0.206. The fourth-order valence-electron chi connectivity index (χ4n) is 3.10. The Hall–Kier alpha value is -2.99. The van der Waals surface area contributed by atoms with E-state index in [1.165, 1.54) is 4.68 Å². The summed E-state index contributed by atoms with van der Waals surface area (Å²) < 4.78 is 1.53. The summed E-state index contributed by atoms with van der Waals surface area (Å²) in [5, 5.41) is 6.54. The number of hydrogen-bond donors (Lipinski definition) is 2. The molecule has 1 aromatic heterocycles. The van der Waals surface area contributed by atoms with Gasteiger partial charge in [0.1, 0.15) is 0 Å². The Morgan fingerprint density at radius 2 is 1.92 bits per heavy atom. The lowest BCUT2D eigenvalue weighted by Gasteiger charge is -2.26. The van der Waals surface area contributed by atoms with Gasteiger partial charge in [0.15, 0.2) is 0 Å².